The molecule has 246 valence electrons. The van der Waals surface area contributed by atoms with Gasteiger partial charge in [0.15, 0.2) is 7.47 Å². The minimum Gasteiger partial charge on any atom is -0.479 e. The molecule has 1 heterocycles. The number of nitrogens with two attached hydrogens (primary N) is 1. The van der Waals surface area contributed by atoms with Gasteiger partial charge in [-0.1, -0.05) is 6.07 Å². The third-order valence-electron chi connectivity index (χ3n) is 6.46. The average molecular weight is 630 g/mol. The summed E-state index contributed by atoms with van der Waals surface area (Å²) < 4.78 is 27.0. The standard InChI is InChI=1S/C27H40N4O13/c1-41-11-8-19(33)29-9-3-2-4-16(28)25(38)30-10-7-20(34)31-17-12-15(13-42-14-32)5-6-18(17)43-27-23(37)21(35)22(36)24(44-27)26(39)40/h5-6,12,14,16,21-24,27,35-37H,2-4,7-11,13,28H2,1H3,(H,29,33)(H,30,38)(H,31,34)(H,39,40)/t16?,21-,22-,23+,24-,27+/m0/s1/i14D. The SMILES string of the molecule is [2H]C(=O)OCc1ccc(O[C@@H]2O[C@H](C(=O)O)[C@@H](O)[C@H](O)[C@H]2O)c(NC(=O)CCNC(=O)C(N)CCCCNC(=O)CCOC)c1. The number of carbonyl (C=O) groups is 5. The summed E-state index contributed by atoms with van der Waals surface area (Å²) in [6, 6.07) is 3.15. The number of ether oxygens (including phenoxy) is 4. The van der Waals surface area contributed by atoms with Crippen LogP contribution in [0.3, 0.4) is 0 Å². The number of rotatable bonds is 18. The van der Waals surface area contributed by atoms with Crippen molar-refractivity contribution in [2.24, 2.45) is 5.73 Å². The van der Waals surface area contributed by atoms with Crippen molar-refractivity contribution >= 4 is 35.8 Å². The molecule has 3 amide bonds. The van der Waals surface area contributed by atoms with Crippen LogP contribution in [-0.4, -0.2) is 114 Å². The van der Waals surface area contributed by atoms with Gasteiger partial charge in [0, 0.05) is 33.0 Å². The van der Waals surface area contributed by atoms with Crippen LogP contribution in [0.1, 0.15) is 39.0 Å². The second-order valence-electron chi connectivity index (χ2n) is 9.84. The first-order valence-corrected chi connectivity index (χ1v) is 13.8. The highest BCUT2D eigenvalue weighted by molar-refractivity contribution is 5.93. The van der Waals surface area contributed by atoms with E-state index in [0.29, 0.717) is 38.0 Å². The summed E-state index contributed by atoms with van der Waals surface area (Å²) in [5.74, 6) is -3.00. The quantitative estimate of drug-likeness (QED) is 0.0629. The number of hydrogen-bond donors (Lipinski definition) is 8. The van der Waals surface area contributed by atoms with Crippen molar-refractivity contribution in [2.75, 3.05) is 32.1 Å². The van der Waals surface area contributed by atoms with Gasteiger partial charge in [0.1, 0.15) is 30.7 Å². The lowest BCUT2D eigenvalue weighted by atomic mass is 9.99. The number of unbranched alkanes of at least 4 members (excludes halogenated alkanes) is 1. The van der Waals surface area contributed by atoms with Crippen LogP contribution in [0.4, 0.5) is 5.69 Å². The summed E-state index contributed by atoms with van der Waals surface area (Å²) in [4.78, 5) is 58.9. The van der Waals surface area contributed by atoms with E-state index in [4.69, 9.17) is 21.3 Å². The molecule has 0 aliphatic carbocycles. The summed E-state index contributed by atoms with van der Waals surface area (Å²) in [5.41, 5.74) is 6.19. The van der Waals surface area contributed by atoms with Gasteiger partial charge >= 0.3 is 5.97 Å². The van der Waals surface area contributed by atoms with Crippen LogP contribution in [0, 0.1) is 0 Å². The molecule has 1 aromatic carbocycles. The predicted octanol–water partition coefficient (Wildman–Crippen LogP) is -2.27. The number of carbonyl (C=O) groups excluding carboxylic acids is 4. The Morgan fingerprint density at radius 2 is 1.82 bits per heavy atom. The molecule has 0 aromatic heterocycles. The zero-order valence-electron chi connectivity index (χ0n) is 25.1. The molecule has 1 fully saturated rings. The van der Waals surface area contributed by atoms with Crippen LogP contribution in [-0.2, 0) is 44.8 Å². The number of hydrogen-bond acceptors (Lipinski definition) is 13. The molecular weight excluding hydrogens is 588 g/mol. The Kier molecular flexibility index (Phi) is 14.7. The number of carboxylic acid groups (broad SMARTS) is 1. The Balaban J connectivity index is 1.94. The molecule has 44 heavy (non-hydrogen) atoms. The molecule has 1 unspecified atom stereocenters. The third kappa shape index (κ3) is 11.7. The van der Waals surface area contributed by atoms with Crippen molar-refractivity contribution < 1.29 is 64.7 Å². The van der Waals surface area contributed by atoms with E-state index in [1.165, 1.54) is 25.3 Å². The van der Waals surface area contributed by atoms with Gasteiger partial charge in [-0.15, -0.1) is 0 Å². The number of amides is 3. The zero-order chi connectivity index (χ0) is 33.5. The highest BCUT2D eigenvalue weighted by Gasteiger charge is 2.48. The molecule has 0 bridgehead atoms. The molecule has 17 nitrogen and oxygen atoms in total. The maximum atomic E-state index is 12.7. The number of nitrogens with one attached hydrogen (secondary N) is 3. The Morgan fingerprint density at radius 1 is 1.07 bits per heavy atom. The van der Waals surface area contributed by atoms with Crippen LogP contribution in [0.25, 0.3) is 0 Å². The summed E-state index contributed by atoms with van der Waals surface area (Å²) in [6.07, 6.45) is -9.16. The number of carboxylic acids is 1. The second-order valence-corrected chi connectivity index (χ2v) is 9.84. The maximum absolute atomic E-state index is 12.7. The lowest BCUT2D eigenvalue weighted by molar-refractivity contribution is -0.271. The fraction of sp³-hybridized carbons (Fsp3) is 0.593. The average Bonchev–Trinajstić information content (AvgIpc) is 2.99. The highest BCUT2D eigenvalue weighted by atomic mass is 16.7. The number of anilines is 1. The topological polar surface area (TPSA) is 265 Å². The van der Waals surface area contributed by atoms with E-state index in [2.05, 4.69) is 20.7 Å². The fourth-order valence-corrected chi connectivity index (χ4v) is 4.03. The zero-order valence-corrected chi connectivity index (χ0v) is 24.1. The van der Waals surface area contributed by atoms with E-state index in [0.717, 1.165) is 0 Å². The van der Waals surface area contributed by atoms with Gasteiger partial charge < -0.3 is 61.1 Å². The Bertz CT molecular complexity index is 1170. The van der Waals surface area contributed by atoms with Crippen molar-refractivity contribution in [3.63, 3.8) is 0 Å². The largest absolute Gasteiger partial charge is 0.479 e. The van der Waals surface area contributed by atoms with E-state index < -0.39 is 61.0 Å². The predicted molar refractivity (Wildman–Crippen MR) is 150 cm³/mol. The molecule has 9 N–H and O–H groups in total. The second kappa shape index (κ2) is 18.7. The van der Waals surface area contributed by atoms with Gasteiger partial charge in [-0.05, 0) is 37.0 Å². The molecule has 0 spiro atoms. The maximum Gasteiger partial charge on any atom is 0.335 e. The van der Waals surface area contributed by atoms with Gasteiger partial charge in [0.05, 0.1) is 18.3 Å². The Labute approximate surface area is 254 Å². The van der Waals surface area contributed by atoms with Gasteiger partial charge in [-0.25, -0.2) is 4.79 Å². The molecule has 1 aliphatic rings. The third-order valence-corrected chi connectivity index (χ3v) is 6.46. The van der Waals surface area contributed by atoms with Crippen molar-refractivity contribution in [1.29, 1.82) is 0 Å². The first-order chi connectivity index (χ1) is 21.3. The number of benzene rings is 1. The lowest BCUT2D eigenvalue weighted by Crippen LogP contribution is -2.61. The Morgan fingerprint density at radius 3 is 2.50 bits per heavy atom. The molecule has 1 aliphatic heterocycles. The van der Waals surface area contributed by atoms with E-state index in [1.807, 2.05) is 0 Å². The van der Waals surface area contributed by atoms with E-state index in [-0.39, 0.29) is 43.3 Å². The summed E-state index contributed by atoms with van der Waals surface area (Å²) in [7, 11) is 1.50. The van der Waals surface area contributed by atoms with Gasteiger partial charge in [-0.2, -0.15) is 0 Å². The van der Waals surface area contributed by atoms with Crippen LogP contribution in [0.2, 0.25) is 0 Å². The smallest absolute Gasteiger partial charge is 0.335 e. The van der Waals surface area contributed by atoms with Crippen LogP contribution in [0.15, 0.2) is 18.2 Å². The van der Waals surface area contributed by atoms with E-state index >= 15 is 0 Å². The molecule has 2 rings (SSSR count). The molecule has 6 atom stereocenters. The minimum absolute atomic E-state index is 0.0424. The Hall–Kier alpha value is -3.87. The fourth-order valence-electron chi connectivity index (χ4n) is 4.03. The monoisotopic (exact) mass is 629 g/mol. The van der Waals surface area contributed by atoms with Crippen LogP contribution in [0.5, 0.6) is 5.75 Å². The van der Waals surface area contributed by atoms with Crippen LogP contribution >= 0.6 is 0 Å². The van der Waals surface area contributed by atoms with Crippen molar-refractivity contribution in [2.45, 2.75) is 75.5 Å². The number of aliphatic carboxylic acids is 1. The molecule has 0 radical (unpaired) electrons. The first kappa shape index (κ1) is 34.6. The summed E-state index contributed by atoms with van der Waals surface area (Å²) >= 11 is 0. The van der Waals surface area contributed by atoms with Crippen molar-refractivity contribution in [1.82, 2.24) is 10.6 Å². The number of aliphatic hydroxyl groups is 3. The van der Waals surface area contributed by atoms with Gasteiger partial charge in [0.25, 0.3) is 6.45 Å². The minimum atomic E-state index is -1.94. The first-order valence-electron chi connectivity index (χ1n) is 14.3. The van der Waals surface area contributed by atoms with Crippen molar-refractivity contribution in [3.05, 3.63) is 23.8 Å². The normalized spacial score (nSPS) is 22.2. The lowest BCUT2D eigenvalue weighted by Gasteiger charge is -2.38. The molecule has 1 saturated heterocycles. The van der Waals surface area contributed by atoms with Gasteiger partial charge in [0.2, 0.25) is 24.0 Å². The molecule has 0 saturated carbocycles. The molecular formula is C27H40N4O13. The molecule has 17 heteroatoms. The molecule has 1 aromatic rings. The highest BCUT2D eigenvalue weighted by Crippen LogP contribution is 2.31. The van der Waals surface area contributed by atoms with Gasteiger partial charge in [-0.3, -0.25) is 19.2 Å². The van der Waals surface area contributed by atoms with E-state index in [1.54, 1.807) is 0 Å². The number of methoxy groups -OCH3 is 1. The summed E-state index contributed by atoms with van der Waals surface area (Å²) in [5, 5.41) is 47.4. The van der Waals surface area contributed by atoms with Crippen molar-refractivity contribution in [3.8, 4) is 5.75 Å². The van der Waals surface area contributed by atoms with E-state index in [9.17, 15) is 44.4 Å². The summed E-state index contributed by atoms with van der Waals surface area (Å²) in [6.45, 7) is 0.332. The number of aliphatic hydroxyl groups excluding tert-OH is 3. The van der Waals surface area contributed by atoms with Crippen LogP contribution < -0.4 is 26.4 Å².